The number of rotatable bonds is 7. The lowest BCUT2D eigenvalue weighted by Crippen LogP contribution is -2.53. The van der Waals surface area contributed by atoms with E-state index in [9.17, 15) is 0 Å². The molecule has 0 saturated carbocycles. The molecule has 3 nitrogen and oxygen atoms in total. The van der Waals surface area contributed by atoms with Gasteiger partial charge in [-0.25, -0.2) is 0 Å². The summed E-state index contributed by atoms with van der Waals surface area (Å²) in [5.41, 5.74) is 0.0592. The van der Waals surface area contributed by atoms with E-state index in [2.05, 4.69) is 37.9 Å². The first-order chi connectivity index (χ1) is 8.50. The van der Waals surface area contributed by atoms with Crippen molar-refractivity contribution in [2.24, 2.45) is 5.92 Å². The van der Waals surface area contributed by atoms with Crippen LogP contribution in [0.2, 0.25) is 0 Å². The Morgan fingerprint density at radius 3 is 2.61 bits per heavy atom. The highest BCUT2D eigenvalue weighted by atomic mass is 16.5. The molecule has 0 amide bonds. The number of ether oxygens (including phenoxy) is 1. The number of nitrogens with one attached hydrogen (secondary N) is 1. The summed E-state index contributed by atoms with van der Waals surface area (Å²) in [4.78, 5) is 2.61. The van der Waals surface area contributed by atoms with Crippen LogP contribution in [-0.4, -0.2) is 49.8 Å². The molecule has 1 heterocycles. The maximum Gasteiger partial charge on any atom is 0.0777 e. The Balaban J connectivity index is 2.43. The van der Waals surface area contributed by atoms with Crippen molar-refractivity contribution in [3.05, 3.63) is 0 Å². The molecule has 0 aliphatic carbocycles. The molecular formula is C15H32N2O. The molecule has 0 spiro atoms. The van der Waals surface area contributed by atoms with Crippen molar-refractivity contribution in [3.8, 4) is 0 Å². The first-order valence-electron chi connectivity index (χ1n) is 7.50. The SMILES string of the molecule is CCC(CNCC(C)C)N1CCCC(C)(OC)C1. The number of hydrogen-bond acceptors (Lipinski definition) is 3. The zero-order chi connectivity index (χ0) is 13.6. The third-order valence-corrected chi connectivity index (χ3v) is 4.10. The Morgan fingerprint density at radius 1 is 1.33 bits per heavy atom. The monoisotopic (exact) mass is 256 g/mol. The lowest BCUT2D eigenvalue weighted by Gasteiger charge is -2.43. The van der Waals surface area contributed by atoms with Crippen LogP contribution in [0.1, 0.15) is 47.0 Å². The van der Waals surface area contributed by atoms with Gasteiger partial charge in [0.05, 0.1) is 5.60 Å². The molecule has 1 saturated heterocycles. The van der Waals surface area contributed by atoms with Gasteiger partial charge in [0.2, 0.25) is 0 Å². The lowest BCUT2D eigenvalue weighted by atomic mass is 9.93. The van der Waals surface area contributed by atoms with Gasteiger partial charge in [0.15, 0.2) is 0 Å². The van der Waals surface area contributed by atoms with E-state index in [-0.39, 0.29) is 5.60 Å². The molecular weight excluding hydrogens is 224 g/mol. The molecule has 1 N–H and O–H groups in total. The molecule has 1 fully saturated rings. The molecule has 2 atom stereocenters. The first kappa shape index (κ1) is 15.9. The van der Waals surface area contributed by atoms with Crippen LogP contribution in [-0.2, 0) is 4.74 Å². The van der Waals surface area contributed by atoms with Crippen LogP contribution in [0, 0.1) is 5.92 Å². The average molecular weight is 256 g/mol. The molecule has 0 aromatic rings. The fourth-order valence-corrected chi connectivity index (χ4v) is 2.79. The van der Waals surface area contributed by atoms with E-state index in [0.717, 1.165) is 25.6 Å². The van der Waals surface area contributed by atoms with E-state index < -0.39 is 0 Å². The number of hydrogen-bond donors (Lipinski definition) is 1. The van der Waals surface area contributed by atoms with Gasteiger partial charge < -0.3 is 10.1 Å². The second-order valence-corrected chi connectivity index (χ2v) is 6.34. The maximum absolute atomic E-state index is 5.68. The topological polar surface area (TPSA) is 24.5 Å². The smallest absolute Gasteiger partial charge is 0.0777 e. The summed E-state index contributed by atoms with van der Waals surface area (Å²) in [6, 6.07) is 0.651. The van der Waals surface area contributed by atoms with Crippen molar-refractivity contribution >= 4 is 0 Å². The summed E-state index contributed by atoms with van der Waals surface area (Å²) in [5, 5.41) is 3.60. The van der Waals surface area contributed by atoms with Gasteiger partial charge in [-0.2, -0.15) is 0 Å². The molecule has 18 heavy (non-hydrogen) atoms. The fourth-order valence-electron chi connectivity index (χ4n) is 2.79. The third kappa shape index (κ3) is 4.87. The highest BCUT2D eigenvalue weighted by molar-refractivity contribution is 4.88. The van der Waals surface area contributed by atoms with Crippen molar-refractivity contribution in [3.63, 3.8) is 0 Å². The van der Waals surface area contributed by atoms with Crippen LogP contribution in [0.3, 0.4) is 0 Å². The minimum atomic E-state index is 0.0592. The molecule has 3 heteroatoms. The summed E-state index contributed by atoms with van der Waals surface area (Å²) in [7, 11) is 1.85. The summed E-state index contributed by atoms with van der Waals surface area (Å²) in [6.45, 7) is 13.6. The largest absolute Gasteiger partial charge is 0.377 e. The van der Waals surface area contributed by atoms with Crippen molar-refractivity contribution in [1.82, 2.24) is 10.2 Å². The normalized spacial score (nSPS) is 27.7. The summed E-state index contributed by atoms with van der Waals surface area (Å²) >= 11 is 0. The molecule has 2 unspecified atom stereocenters. The van der Waals surface area contributed by atoms with Crippen molar-refractivity contribution in [2.45, 2.75) is 58.6 Å². The van der Waals surface area contributed by atoms with Gasteiger partial charge in [0.25, 0.3) is 0 Å². The molecule has 0 bridgehead atoms. The van der Waals surface area contributed by atoms with E-state index in [1.807, 2.05) is 7.11 Å². The van der Waals surface area contributed by atoms with Crippen molar-refractivity contribution in [2.75, 3.05) is 33.3 Å². The average Bonchev–Trinajstić information content (AvgIpc) is 2.34. The van der Waals surface area contributed by atoms with Crippen LogP contribution >= 0.6 is 0 Å². The molecule has 1 aliphatic heterocycles. The number of likely N-dealkylation sites (tertiary alicyclic amines) is 1. The van der Waals surface area contributed by atoms with E-state index in [4.69, 9.17) is 4.74 Å². The Labute approximate surface area is 113 Å². The van der Waals surface area contributed by atoms with E-state index in [0.29, 0.717) is 6.04 Å². The predicted octanol–water partition coefficient (Wildman–Crippen LogP) is 2.51. The Kier molecular flexibility index (Phi) is 6.61. The number of piperidine rings is 1. The van der Waals surface area contributed by atoms with Crippen molar-refractivity contribution in [1.29, 1.82) is 0 Å². The molecule has 0 aromatic heterocycles. The summed E-state index contributed by atoms with van der Waals surface area (Å²) in [5.74, 6) is 0.730. The van der Waals surface area contributed by atoms with Crippen LogP contribution in [0.25, 0.3) is 0 Å². The third-order valence-electron chi connectivity index (χ3n) is 4.10. The van der Waals surface area contributed by atoms with Gasteiger partial charge in [0, 0.05) is 26.2 Å². The standard InChI is InChI=1S/C15H32N2O/c1-6-14(11-16-10-13(2)3)17-9-7-8-15(4,12-17)18-5/h13-14,16H,6-12H2,1-5H3. The quantitative estimate of drug-likeness (QED) is 0.757. The van der Waals surface area contributed by atoms with Gasteiger partial charge >= 0.3 is 0 Å². The molecule has 1 aliphatic rings. The van der Waals surface area contributed by atoms with E-state index in [1.165, 1.54) is 25.8 Å². The van der Waals surface area contributed by atoms with Gasteiger partial charge in [-0.3, -0.25) is 4.90 Å². The van der Waals surface area contributed by atoms with Crippen LogP contribution in [0.5, 0.6) is 0 Å². The van der Waals surface area contributed by atoms with Crippen LogP contribution in [0.15, 0.2) is 0 Å². The van der Waals surface area contributed by atoms with Crippen LogP contribution < -0.4 is 5.32 Å². The minimum Gasteiger partial charge on any atom is -0.377 e. The number of methoxy groups -OCH3 is 1. The Morgan fingerprint density at radius 2 is 2.06 bits per heavy atom. The molecule has 108 valence electrons. The number of nitrogens with zero attached hydrogens (tertiary/aromatic N) is 1. The first-order valence-corrected chi connectivity index (χ1v) is 7.50. The van der Waals surface area contributed by atoms with Crippen LogP contribution in [0.4, 0.5) is 0 Å². The zero-order valence-corrected chi connectivity index (χ0v) is 13.0. The van der Waals surface area contributed by atoms with Gasteiger partial charge in [-0.05, 0) is 45.2 Å². The van der Waals surface area contributed by atoms with Gasteiger partial charge in [0.1, 0.15) is 0 Å². The summed E-state index contributed by atoms with van der Waals surface area (Å²) < 4.78 is 5.68. The highest BCUT2D eigenvalue weighted by Gasteiger charge is 2.33. The van der Waals surface area contributed by atoms with Crippen molar-refractivity contribution < 1.29 is 4.74 Å². The fraction of sp³-hybridized carbons (Fsp3) is 1.00. The van der Waals surface area contributed by atoms with E-state index in [1.54, 1.807) is 0 Å². The van der Waals surface area contributed by atoms with Gasteiger partial charge in [-0.1, -0.05) is 20.8 Å². The van der Waals surface area contributed by atoms with E-state index >= 15 is 0 Å². The predicted molar refractivity (Wildman–Crippen MR) is 78.0 cm³/mol. The minimum absolute atomic E-state index is 0.0592. The Hall–Kier alpha value is -0.120. The maximum atomic E-state index is 5.68. The Bertz CT molecular complexity index is 233. The second-order valence-electron chi connectivity index (χ2n) is 6.34. The summed E-state index contributed by atoms with van der Waals surface area (Å²) in [6.07, 6.45) is 3.66. The zero-order valence-electron chi connectivity index (χ0n) is 13.0. The molecule has 0 radical (unpaired) electrons. The highest BCUT2D eigenvalue weighted by Crippen LogP contribution is 2.25. The lowest BCUT2D eigenvalue weighted by molar-refractivity contribution is -0.0614. The molecule has 0 aromatic carbocycles. The molecule has 1 rings (SSSR count). The second kappa shape index (κ2) is 7.46. The van der Waals surface area contributed by atoms with Gasteiger partial charge in [-0.15, -0.1) is 0 Å².